The minimum Gasteiger partial charge on any atom is -0.510 e. The third kappa shape index (κ3) is 11.6. The summed E-state index contributed by atoms with van der Waals surface area (Å²) in [6.45, 7) is 4.18. The second kappa shape index (κ2) is 14.2. The average molecular weight is 319 g/mol. The van der Waals surface area contributed by atoms with E-state index >= 15 is 0 Å². The minimum absolute atomic E-state index is 0.0564. The van der Waals surface area contributed by atoms with Crippen molar-refractivity contribution in [1.82, 2.24) is 0 Å². The first kappa shape index (κ1) is 20.3. The summed E-state index contributed by atoms with van der Waals surface area (Å²) in [4.78, 5) is 11.5. The van der Waals surface area contributed by atoms with Crippen LogP contribution in [0, 0.1) is 0 Å². The first-order valence-corrected chi connectivity index (χ1v) is 8.78. The molecule has 0 aliphatic heterocycles. The van der Waals surface area contributed by atoms with Crippen molar-refractivity contribution in [3.8, 4) is 0 Å². The quantitative estimate of drug-likeness (QED) is 0.160. The zero-order valence-corrected chi connectivity index (χ0v) is 14.4. The number of hydrogen-bond donors (Lipinski definition) is 1. The number of rotatable bonds is 13. The molecular formula is C17H31ClO3. The van der Waals surface area contributed by atoms with E-state index in [9.17, 15) is 9.90 Å². The van der Waals surface area contributed by atoms with Gasteiger partial charge >= 0.3 is 5.97 Å². The number of carbonyl (C=O) groups excluding carboxylic acids is 1. The maximum atomic E-state index is 11.5. The van der Waals surface area contributed by atoms with Crippen LogP contribution < -0.4 is 0 Å². The molecule has 1 N–H and O–H groups in total. The predicted molar refractivity (Wildman–Crippen MR) is 88.9 cm³/mol. The molecule has 3 nitrogen and oxygen atoms in total. The Labute approximate surface area is 134 Å². The van der Waals surface area contributed by atoms with Crippen LogP contribution in [0.15, 0.2) is 11.3 Å². The lowest BCUT2D eigenvalue weighted by molar-refractivity contribution is -0.139. The third-order valence-electron chi connectivity index (χ3n) is 3.60. The molecule has 0 aromatic heterocycles. The average Bonchev–Trinajstić information content (AvgIpc) is 2.50. The van der Waals surface area contributed by atoms with E-state index in [-0.39, 0.29) is 17.2 Å². The van der Waals surface area contributed by atoms with Gasteiger partial charge in [-0.05, 0) is 13.3 Å². The van der Waals surface area contributed by atoms with Crippen LogP contribution in [0.3, 0.4) is 0 Å². The summed E-state index contributed by atoms with van der Waals surface area (Å²) in [6.07, 6.45) is 12.5. The topological polar surface area (TPSA) is 46.5 Å². The lowest BCUT2D eigenvalue weighted by Crippen LogP contribution is -2.09. The van der Waals surface area contributed by atoms with Gasteiger partial charge in [-0.15, -0.1) is 11.6 Å². The molecule has 0 aliphatic rings. The second-order valence-electron chi connectivity index (χ2n) is 5.52. The van der Waals surface area contributed by atoms with Gasteiger partial charge in [-0.2, -0.15) is 0 Å². The van der Waals surface area contributed by atoms with E-state index in [4.69, 9.17) is 16.3 Å². The van der Waals surface area contributed by atoms with E-state index in [1.165, 1.54) is 58.3 Å². The molecule has 0 saturated heterocycles. The Kier molecular flexibility index (Phi) is 13.8. The zero-order valence-electron chi connectivity index (χ0n) is 13.6. The lowest BCUT2D eigenvalue weighted by atomic mass is 10.1. The van der Waals surface area contributed by atoms with Crippen LogP contribution in [0.5, 0.6) is 0 Å². The van der Waals surface area contributed by atoms with Gasteiger partial charge in [-0.25, -0.2) is 4.79 Å². The number of halogens is 1. The van der Waals surface area contributed by atoms with Crippen LogP contribution >= 0.6 is 11.6 Å². The van der Waals surface area contributed by atoms with Crippen molar-refractivity contribution in [2.24, 2.45) is 0 Å². The summed E-state index contributed by atoms with van der Waals surface area (Å²) in [5.41, 5.74) is 0.206. The van der Waals surface area contributed by atoms with Crippen LogP contribution in [0.1, 0.15) is 78.1 Å². The molecule has 0 unspecified atom stereocenters. The van der Waals surface area contributed by atoms with Crippen LogP contribution in [0.25, 0.3) is 0 Å². The number of ether oxygens (including phenoxy) is 1. The predicted octanol–water partition coefficient (Wildman–Crippen LogP) is 5.52. The molecule has 0 heterocycles. The molecule has 0 aromatic carbocycles. The maximum Gasteiger partial charge on any atom is 0.337 e. The Morgan fingerprint density at radius 1 is 0.952 bits per heavy atom. The SMILES string of the molecule is CCCCCCCCCCCCOC(=O)C(C)=C(O)CCl. The highest BCUT2D eigenvalue weighted by Crippen LogP contribution is 2.11. The van der Waals surface area contributed by atoms with E-state index in [2.05, 4.69) is 6.92 Å². The molecule has 0 saturated carbocycles. The Bertz CT molecular complexity index is 300. The van der Waals surface area contributed by atoms with E-state index in [0.29, 0.717) is 6.61 Å². The summed E-state index contributed by atoms with van der Waals surface area (Å²) in [6, 6.07) is 0. The first-order chi connectivity index (χ1) is 10.1. The van der Waals surface area contributed by atoms with Gasteiger partial charge in [0, 0.05) is 0 Å². The van der Waals surface area contributed by atoms with Gasteiger partial charge in [-0.1, -0.05) is 64.7 Å². The van der Waals surface area contributed by atoms with Crippen LogP contribution in [0.2, 0.25) is 0 Å². The Morgan fingerprint density at radius 3 is 1.90 bits per heavy atom. The maximum absolute atomic E-state index is 11.5. The zero-order chi connectivity index (χ0) is 15.9. The van der Waals surface area contributed by atoms with Crippen molar-refractivity contribution in [1.29, 1.82) is 0 Å². The van der Waals surface area contributed by atoms with Crippen LogP contribution in [-0.4, -0.2) is 23.6 Å². The van der Waals surface area contributed by atoms with Crippen molar-refractivity contribution in [3.05, 3.63) is 11.3 Å². The summed E-state index contributed by atoms with van der Waals surface area (Å²) >= 11 is 5.45. The van der Waals surface area contributed by atoms with E-state index in [1.807, 2.05) is 0 Å². The molecule has 124 valence electrons. The Balaban J connectivity index is 3.39. The monoisotopic (exact) mass is 318 g/mol. The summed E-state index contributed by atoms with van der Waals surface area (Å²) in [5.74, 6) is -0.632. The summed E-state index contributed by atoms with van der Waals surface area (Å²) < 4.78 is 5.08. The number of aliphatic hydroxyl groups excluding tert-OH is 1. The fraction of sp³-hybridized carbons (Fsp3) is 0.824. The molecule has 0 fully saturated rings. The fourth-order valence-electron chi connectivity index (χ4n) is 2.08. The molecule has 0 aliphatic carbocycles. The van der Waals surface area contributed by atoms with Gasteiger partial charge in [-0.3, -0.25) is 0 Å². The van der Waals surface area contributed by atoms with E-state index in [0.717, 1.165) is 12.8 Å². The van der Waals surface area contributed by atoms with Crippen molar-refractivity contribution < 1.29 is 14.6 Å². The van der Waals surface area contributed by atoms with Gasteiger partial charge in [0.15, 0.2) is 0 Å². The van der Waals surface area contributed by atoms with E-state index in [1.54, 1.807) is 0 Å². The number of esters is 1. The van der Waals surface area contributed by atoms with Crippen LogP contribution in [-0.2, 0) is 9.53 Å². The molecule has 0 radical (unpaired) electrons. The number of unbranched alkanes of at least 4 members (excludes halogenated alkanes) is 9. The highest BCUT2D eigenvalue weighted by molar-refractivity contribution is 6.19. The van der Waals surface area contributed by atoms with Crippen molar-refractivity contribution >= 4 is 17.6 Å². The number of carbonyl (C=O) groups is 1. The van der Waals surface area contributed by atoms with E-state index < -0.39 is 5.97 Å². The van der Waals surface area contributed by atoms with Crippen LogP contribution in [0.4, 0.5) is 0 Å². The molecule has 0 rings (SSSR count). The third-order valence-corrected chi connectivity index (χ3v) is 3.85. The number of aliphatic hydroxyl groups is 1. The molecule has 21 heavy (non-hydrogen) atoms. The minimum atomic E-state index is -0.468. The molecule has 0 aromatic rings. The Hall–Kier alpha value is -0.700. The number of allylic oxidation sites excluding steroid dienone is 1. The molecule has 0 spiro atoms. The van der Waals surface area contributed by atoms with Crippen molar-refractivity contribution in [2.75, 3.05) is 12.5 Å². The molecule has 4 heteroatoms. The summed E-state index contributed by atoms with van der Waals surface area (Å²) in [7, 11) is 0. The molecule has 0 amide bonds. The molecular weight excluding hydrogens is 288 g/mol. The second-order valence-corrected chi connectivity index (χ2v) is 5.79. The lowest BCUT2D eigenvalue weighted by Gasteiger charge is -2.06. The molecule has 0 atom stereocenters. The highest BCUT2D eigenvalue weighted by atomic mass is 35.5. The Morgan fingerprint density at radius 2 is 1.43 bits per heavy atom. The van der Waals surface area contributed by atoms with Gasteiger partial charge in [0.2, 0.25) is 0 Å². The first-order valence-electron chi connectivity index (χ1n) is 8.25. The normalized spacial score (nSPS) is 12.1. The number of alkyl halides is 1. The fourth-order valence-corrected chi connectivity index (χ4v) is 2.28. The van der Waals surface area contributed by atoms with Crippen molar-refractivity contribution in [2.45, 2.75) is 78.1 Å². The van der Waals surface area contributed by atoms with Crippen molar-refractivity contribution in [3.63, 3.8) is 0 Å². The largest absolute Gasteiger partial charge is 0.510 e. The van der Waals surface area contributed by atoms with Gasteiger partial charge < -0.3 is 9.84 Å². The smallest absolute Gasteiger partial charge is 0.337 e. The van der Waals surface area contributed by atoms with Gasteiger partial charge in [0.25, 0.3) is 0 Å². The van der Waals surface area contributed by atoms with Gasteiger partial charge in [0.05, 0.1) is 18.1 Å². The summed E-state index contributed by atoms with van der Waals surface area (Å²) in [5, 5.41) is 9.32. The standard InChI is InChI=1S/C17H31ClO3/c1-3-4-5-6-7-8-9-10-11-12-13-21-17(20)15(2)16(19)14-18/h19H,3-14H2,1-2H3. The number of hydrogen-bond acceptors (Lipinski definition) is 3. The van der Waals surface area contributed by atoms with Gasteiger partial charge in [0.1, 0.15) is 5.76 Å². The highest BCUT2D eigenvalue weighted by Gasteiger charge is 2.10. The molecule has 0 bridgehead atoms.